The molecule has 0 saturated heterocycles. The zero-order valence-corrected chi connectivity index (χ0v) is 42.1. The van der Waals surface area contributed by atoms with Gasteiger partial charge in [0, 0.05) is 50.8 Å². The van der Waals surface area contributed by atoms with Crippen molar-refractivity contribution in [3.8, 4) is 0 Å². The van der Waals surface area contributed by atoms with E-state index in [0.29, 0.717) is 5.92 Å². The number of hydrogen-bond acceptors (Lipinski definition) is 3. The predicted octanol–water partition coefficient (Wildman–Crippen LogP) is 15.0. The third-order valence-corrected chi connectivity index (χ3v) is 16.4. The first-order chi connectivity index (χ1) is 31.7. The molecule has 0 spiro atoms. The molecule has 6 aromatic carbocycles. The second kappa shape index (κ2) is 14.7. The molecule has 67 heavy (non-hydrogen) atoms. The van der Waals surface area contributed by atoms with Gasteiger partial charge in [0.1, 0.15) is 0 Å². The Labute approximate surface area is 401 Å². The van der Waals surface area contributed by atoms with E-state index in [1.165, 1.54) is 102 Å². The third kappa shape index (κ3) is 6.47. The van der Waals surface area contributed by atoms with Crippen LogP contribution in [0.4, 0.5) is 45.5 Å². The first-order valence-electron chi connectivity index (χ1n) is 24.8. The Morgan fingerprint density at radius 3 is 1.85 bits per heavy atom. The SMILES string of the molecule is CC(C)c1ccc2c(c1)N(c1ccc(C(C)(C)C)cc1C1=CC=C=C=C1)c1cc(N3c4ccccc4C4(C)CCC34C)cc3c1B2c1ccc(C(C)(C)C)cc1N3c1cccc(C(C)(C)C)c1. The Bertz CT molecular complexity index is 3200. The maximum absolute atomic E-state index is 3.33. The van der Waals surface area contributed by atoms with Crippen molar-refractivity contribution >= 4 is 74.2 Å². The highest BCUT2D eigenvalue weighted by Gasteiger charge is 2.63. The van der Waals surface area contributed by atoms with Crippen molar-refractivity contribution in [2.45, 2.75) is 136 Å². The van der Waals surface area contributed by atoms with Gasteiger partial charge in [-0.05, 0) is 165 Å². The zero-order chi connectivity index (χ0) is 47.2. The molecule has 11 rings (SSSR count). The van der Waals surface area contributed by atoms with Gasteiger partial charge in [0.15, 0.2) is 0 Å². The maximum atomic E-state index is 3.33. The topological polar surface area (TPSA) is 9.72 Å². The molecule has 0 aromatic heterocycles. The second-order valence-electron chi connectivity index (χ2n) is 24.0. The zero-order valence-electron chi connectivity index (χ0n) is 42.1. The number of nitrogens with zero attached hydrogens (tertiary/aromatic N) is 3. The van der Waals surface area contributed by atoms with Gasteiger partial charge in [-0.2, -0.15) is 0 Å². The van der Waals surface area contributed by atoms with E-state index in [-0.39, 0.29) is 33.9 Å². The largest absolute Gasteiger partial charge is 0.334 e. The smallest absolute Gasteiger partial charge is 0.252 e. The van der Waals surface area contributed by atoms with Crippen molar-refractivity contribution in [2.24, 2.45) is 0 Å². The van der Waals surface area contributed by atoms with Crippen LogP contribution in [-0.2, 0) is 21.7 Å². The molecule has 336 valence electrons. The lowest BCUT2D eigenvalue weighted by atomic mass is 9.33. The van der Waals surface area contributed by atoms with Crippen LogP contribution < -0.4 is 31.1 Å². The van der Waals surface area contributed by atoms with Gasteiger partial charge in [-0.1, -0.05) is 155 Å². The van der Waals surface area contributed by atoms with Gasteiger partial charge in [0.25, 0.3) is 6.71 Å². The minimum atomic E-state index is -0.0852. The molecule has 1 fully saturated rings. The van der Waals surface area contributed by atoms with Crippen LogP contribution in [0.25, 0.3) is 5.57 Å². The van der Waals surface area contributed by atoms with Crippen molar-refractivity contribution in [1.82, 2.24) is 0 Å². The van der Waals surface area contributed by atoms with Crippen molar-refractivity contribution in [3.63, 3.8) is 0 Å². The van der Waals surface area contributed by atoms with Gasteiger partial charge >= 0.3 is 0 Å². The van der Waals surface area contributed by atoms with Gasteiger partial charge in [-0.3, -0.25) is 0 Å². The highest BCUT2D eigenvalue weighted by atomic mass is 15.3. The maximum Gasteiger partial charge on any atom is 0.252 e. The van der Waals surface area contributed by atoms with Crippen LogP contribution in [0.3, 0.4) is 0 Å². The molecule has 0 radical (unpaired) electrons. The van der Waals surface area contributed by atoms with Gasteiger partial charge in [0.05, 0.1) is 11.2 Å². The van der Waals surface area contributed by atoms with Gasteiger partial charge in [0.2, 0.25) is 0 Å². The number of hydrogen-bond donors (Lipinski definition) is 0. The second-order valence-corrected chi connectivity index (χ2v) is 24.0. The summed E-state index contributed by atoms with van der Waals surface area (Å²) in [6, 6.07) is 45.8. The lowest BCUT2D eigenvalue weighted by Gasteiger charge is -2.56. The average molecular weight is 876 g/mol. The first-order valence-corrected chi connectivity index (χ1v) is 24.8. The summed E-state index contributed by atoms with van der Waals surface area (Å²) in [5, 5.41) is 0. The van der Waals surface area contributed by atoms with E-state index < -0.39 is 0 Å². The van der Waals surface area contributed by atoms with Gasteiger partial charge < -0.3 is 14.7 Å². The third-order valence-electron chi connectivity index (χ3n) is 16.4. The summed E-state index contributed by atoms with van der Waals surface area (Å²) in [5.41, 5.74) is 29.4. The summed E-state index contributed by atoms with van der Waals surface area (Å²) >= 11 is 0. The van der Waals surface area contributed by atoms with E-state index in [4.69, 9.17) is 0 Å². The normalized spacial score (nSPS) is 20.1. The molecule has 1 saturated carbocycles. The minimum absolute atomic E-state index is 0.00459. The number of rotatable bonds is 5. The number of fused-ring (bicyclic) bond motifs is 7. The number of anilines is 8. The van der Waals surface area contributed by atoms with Crippen LogP contribution in [0.15, 0.2) is 145 Å². The molecule has 5 aliphatic rings. The van der Waals surface area contributed by atoms with Crippen LogP contribution in [0.5, 0.6) is 0 Å². The molecule has 0 N–H and O–H groups in total. The molecule has 0 bridgehead atoms. The molecule has 6 aromatic rings. The predicted molar refractivity (Wildman–Crippen MR) is 288 cm³/mol. The fraction of sp³-hybridized carbons (Fsp3) is 0.333. The van der Waals surface area contributed by atoms with Crippen LogP contribution in [0, 0.1) is 0 Å². The van der Waals surface area contributed by atoms with Crippen molar-refractivity contribution in [3.05, 3.63) is 178 Å². The Balaban J connectivity index is 1.30. The van der Waals surface area contributed by atoms with Crippen LogP contribution in [-0.4, -0.2) is 12.3 Å². The Hall–Kier alpha value is -6.18. The van der Waals surface area contributed by atoms with Gasteiger partial charge in [-0.15, -0.1) is 0 Å². The summed E-state index contributed by atoms with van der Waals surface area (Å²) in [4.78, 5) is 8.04. The molecule has 0 amide bonds. The highest BCUT2D eigenvalue weighted by Crippen LogP contribution is 2.65. The lowest BCUT2D eigenvalue weighted by molar-refractivity contribution is 0.133. The highest BCUT2D eigenvalue weighted by molar-refractivity contribution is 7.00. The summed E-state index contributed by atoms with van der Waals surface area (Å²) < 4.78 is 0. The molecule has 4 heteroatoms. The van der Waals surface area contributed by atoms with Crippen molar-refractivity contribution in [1.29, 1.82) is 0 Å². The molecule has 2 atom stereocenters. The van der Waals surface area contributed by atoms with E-state index in [1.807, 2.05) is 6.08 Å². The van der Waals surface area contributed by atoms with Crippen LogP contribution >= 0.6 is 0 Å². The lowest BCUT2D eigenvalue weighted by Crippen LogP contribution is -2.62. The molecule has 2 aliphatic carbocycles. The number of allylic oxidation sites excluding steroid dienone is 4. The average Bonchev–Trinajstić information content (AvgIpc) is 3.42. The first kappa shape index (κ1) is 43.4. The molecular formula is C63H66BN3. The quantitative estimate of drug-likeness (QED) is 0.126. The van der Waals surface area contributed by atoms with Crippen molar-refractivity contribution < 1.29 is 0 Å². The monoisotopic (exact) mass is 876 g/mol. The van der Waals surface area contributed by atoms with Crippen LogP contribution in [0.2, 0.25) is 0 Å². The van der Waals surface area contributed by atoms with Crippen molar-refractivity contribution in [2.75, 3.05) is 14.7 Å². The van der Waals surface area contributed by atoms with Gasteiger partial charge in [-0.25, -0.2) is 0 Å². The molecular weight excluding hydrogens is 810 g/mol. The summed E-state index contributed by atoms with van der Waals surface area (Å²) in [5.74, 6) is 0.355. The summed E-state index contributed by atoms with van der Waals surface area (Å²) in [7, 11) is 0. The fourth-order valence-electron chi connectivity index (χ4n) is 12.0. The Morgan fingerprint density at radius 1 is 0.552 bits per heavy atom. The minimum Gasteiger partial charge on any atom is -0.334 e. The summed E-state index contributed by atoms with van der Waals surface area (Å²) in [6.07, 6.45) is 8.64. The van der Waals surface area contributed by atoms with Crippen LogP contribution in [0.1, 0.15) is 142 Å². The van der Waals surface area contributed by atoms with E-state index in [1.54, 1.807) is 0 Å². The molecule has 3 heterocycles. The van der Waals surface area contributed by atoms with E-state index in [9.17, 15) is 0 Å². The summed E-state index contributed by atoms with van der Waals surface area (Å²) in [6.45, 7) is 30.7. The fourth-order valence-corrected chi connectivity index (χ4v) is 12.0. The Kier molecular flexibility index (Phi) is 9.50. The molecule has 3 nitrogen and oxygen atoms in total. The molecule has 3 aliphatic heterocycles. The van der Waals surface area contributed by atoms with E-state index in [2.05, 4.69) is 244 Å². The molecule has 2 unspecified atom stereocenters. The van der Waals surface area contributed by atoms with E-state index >= 15 is 0 Å². The number of para-hydroxylation sites is 1. The van der Waals surface area contributed by atoms with E-state index in [0.717, 1.165) is 12.0 Å². The number of benzene rings is 6. The standard InChI is InChI=1S/C63H66BN3/c1-40(2)42-26-29-50-54(34-42)66(52-31-28-44(60(6,7)8)36-48(52)41-20-15-14-16-21-41)57-39-47(67-53-25-18-17-24-49(53)62(12)32-33-63(62,67)13)38-56-58(57)64(50)51-30-27-45(61(9,10)11)37-55(51)65(56)46-23-19-22-43(35-46)59(3,4)5/h15,17-31,34-40H,32-33H2,1-13H3. The Morgan fingerprint density at radius 2 is 1.19 bits per heavy atom.